The Bertz CT molecular complexity index is 614. The molecule has 2 N–H and O–H groups in total. The first-order valence-corrected chi connectivity index (χ1v) is 7.63. The Morgan fingerprint density at radius 2 is 2.05 bits per heavy atom. The number of carbonyl (C=O) groups is 3. The van der Waals surface area contributed by atoms with Crippen LogP contribution < -0.4 is 10.6 Å². The van der Waals surface area contributed by atoms with Crippen LogP contribution in [0.5, 0.6) is 0 Å². The highest BCUT2D eigenvalue weighted by Gasteiger charge is 2.50. The van der Waals surface area contributed by atoms with E-state index in [1.165, 1.54) is 5.56 Å². The van der Waals surface area contributed by atoms with Gasteiger partial charge in [-0.3, -0.25) is 19.7 Å². The smallest absolute Gasteiger partial charge is 0.230 e. The van der Waals surface area contributed by atoms with Gasteiger partial charge < -0.3 is 5.32 Å². The van der Waals surface area contributed by atoms with Gasteiger partial charge in [-0.05, 0) is 23.3 Å². The van der Waals surface area contributed by atoms with Crippen molar-refractivity contribution in [1.82, 2.24) is 10.6 Å². The molecule has 1 unspecified atom stereocenters. The van der Waals surface area contributed by atoms with Crippen molar-refractivity contribution in [2.24, 2.45) is 11.3 Å². The average Bonchev–Trinajstić information content (AvgIpc) is 3.07. The van der Waals surface area contributed by atoms with Crippen molar-refractivity contribution >= 4 is 17.7 Å². The fourth-order valence-electron chi connectivity index (χ4n) is 3.18. The molecule has 0 bridgehead atoms. The number of amides is 3. The van der Waals surface area contributed by atoms with E-state index in [2.05, 4.69) is 29.7 Å². The molecule has 3 amide bonds. The summed E-state index contributed by atoms with van der Waals surface area (Å²) in [5, 5.41) is 5.14. The summed E-state index contributed by atoms with van der Waals surface area (Å²) in [5.74, 6) is -0.814. The lowest BCUT2D eigenvalue weighted by atomic mass is 10.00. The Kier molecular flexibility index (Phi) is 3.72. The molecule has 22 heavy (non-hydrogen) atoms. The molecule has 2 fully saturated rings. The topological polar surface area (TPSA) is 75.3 Å². The molecule has 0 aromatic heterocycles. The standard InChI is InChI=1S/C17H20N2O3/c1-17(9-13(17)11-5-3-2-4-6-11)10-18-14(20)7-12-8-15(21)19-16(12)22/h2-6,12-13H,7-10H2,1H3,(H,18,20)(H,19,21,22)/t12?,13-,17-/m0/s1. The van der Waals surface area contributed by atoms with E-state index in [0.29, 0.717) is 12.5 Å². The van der Waals surface area contributed by atoms with Gasteiger partial charge in [-0.15, -0.1) is 0 Å². The Balaban J connectivity index is 1.48. The molecule has 1 saturated carbocycles. The summed E-state index contributed by atoms with van der Waals surface area (Å²) in [6.45, 7) is 2.77. The molecule has 3 rings (SSSR count). The molecule has 1 aliphatic carbocycles. The third kappa shape index (κ3) is 3.03. The van der Waals surface area contributed by atoms with E-state index >= 15 is 0 Å². The summed E-state index contributed by atoms with van der Waals surface area (Å²) in [7, 11) is 0. The predicted octanol–water partition coefficient (Wildman–Crippen LogP) is 1.35. The lowest BCUT2D eigenvalue weighted by molar-refractivity contribution is -0.129. The van der Waals surface area contributed by atoms with Crippen LogP contribution in [0.25, 0.3) is 0 Å². The maximum atomic E-state index is 12.0. The fraction of sp³-hybridized carbons (Fsp3) is 0.471. The average molecular weight is 300 g/mol. The van der Waals surface area contributed by atoms with Gasteiger partial charge in [-0.2, -0.15) is 0 Å². The van der Waals surface area contributed by atoms with E-state index in [0.717, 1.165) is 6.42 Å². The maximum Gasteiger partial charge on any atom is 0.230 e. The fourth-order valence-corrected chi connectivity index (χ4v) is 3.18. The van der Waals surface area contributed by atoms with E-state index in [1.54, 1.807) is 0 Å². The van der Waals surface area contributed by atoms with Crippen molar-refractivity contribution in [3.63, 3.8) is 0 Å². The van der Waals surface area contributed by atoms with Crippen LogP contribution in [-0.4, -0.2) is 24.3 Å². The van der Waals surface area contributed by atoms with Crippen LogP contribution in [0.15, 0.2) is 30.3 Å². The van der Waals surface area contributed by atoms with Gasteiger partial charge in [0.25, 0.3) is 0 Å². The Morgan fingerprint density at radius 3 is 2.68 bits per heavy atom. The van der Waals surface area contributed by atoms with Gasteiger partial charge >= 0.3 is 0 Å². The van der Waals surface area contributed by atoms with Crippen molar-refractivity contribution in [2.45, 2.75) is 32.1 Å². The zero-order chi connectivity index (χ0) is 15.7. The molecule has 1 saturated heterocycles. The van der Waals surface area contributed by atoms with Gasteiger partial charge in [0, 0.05) is 19.4 Å². The van der Waals surface area contributed by atoms with Crippen molar-refractivity contribution in [1.29, 1.82) is 0 Å². The molecule has 5 nitrogen and oxygen atoms in total. The van der Waals surface area contributed by atoms with E-state index in [4.69, 9.17) is 0 Å². The number of carbonyl (C=O) groups excluding carboxylic acids is 3. The normalized spacial score (nSPS) is 30.0. The van der Waals surface area contributed by atoms with Crippen LogP contribution in [0, 0.1) is 11.3 Å². The van der Waals surface area contributed by atoms with Gasteiger partial charge in [-0.1, -0.05) is 37.3 Å². The summed E-state index contributed by atoms with van der Waals surface area (Å²) < 4.78 is 0. The summed E-state index contributed by atoms with van der Waals surface area (Å²) in [6, 6.07) is 10.3. The summed E-state index contributed by atoms with van der Waals surface area (Å²) in [5.41, 5.74) is 1.39. The maximum absolute atomic E-state index is 12.0. The summed E-state index contributed by atoms with van der Waals surface area (Å²) in [6.07, 6.45) is 1.26. The Labute approximate surface area is 129 Å². The first-order chi connectivity index (χ1) is 10.5. The highest BCUT2D eigenvalue weighted by atomic mass is 16.2. The Hall–Kier alpha value is -2.17. The van der Waals surface area contributed by atoms with E-state index in [-0.39, 0.29) is 36.0 Å². The lowest BCUT2D eigenvalue weighted by Crippen LogP contribution is -2.32. The minimum absolute atomic E-state index is 0.0870. The monoisotopic (exact) mass is 300 g/mol. The van der Waals surface area contributed by atoms with Crippen LogP contribution in [0.4, 0.5) is 0 Å². The third-order valence-electron chi connectivity index (χ3n) is 4.74. The van der Waals surface area contributed by atoms with Crippen LogP contribution in [-0.2, 0) is 14.4 Å². The first kappa shape index (κ1) is 14.8. The quantitative estimate of drug-likeness (QED) is 0.806. The molecule has 1 aromatic carbocycles. The SMILES string of the molecule is C[C@@]1(CNC(=O)CC2CC(=O)NC2=O)C[C@H]1c1ccccc1. The second kappa shape index (κ2) is 5.55. The summed E-state index contributed by atoms with van der Waals surface area (Å²) in [4.78, 5) is 34.5. The van der Waals surface area contributed by atoms with Crippen LogP contribution in [0.2, 0.25) is 0 Å². The van der Waals surface area contributed by atoms with E-state index in [1.807, 2.05) is 18.2 Å². The molecular formula is C17H20N2O3. The van der Waals surface area contributed by atoms with Crippen LogP contribution in [0.1, 0.15) is 37.7 Å². The summed E-state index contributed by atoms with van der Waals surface area (Å²) >= 11 is 0. The molecule has 3 atom stereocenters. The predicted molar refractivity (Wildman–Crippen MR) is 80.8 cm³/mol. The molecule has 1 aromatic rings. The molecule has 0 radical (unpaired) electrons. The number of benzene rings is 1. The molecule has 116 valence electrons. The highest BCUT2D eigenvalue weighted by Crippen LogP contribution is 2.58. The molecule has 1 heterocycles. The van der Waals surface area contributed by atoms with Crippen molar-refractivity contribution in [3.8, 4) is 0 Å². The van der Waals surface area contributed by atoms with Crippen LogP contribution >= 0.6 is 0 Å². The first-order valence-electron chi connectivity index (χ1n) is 7.63. The second-order valence-electron chi connectivity index (χ2n) is 6.62. The number of hydrogen-bond donors (Lipinski definition) is 2. The molecule has 2 aliphatic rings. The largest absolute Gasteiger partial charge is 0.356 e. The van der Waals surface area contributed by atoms with Crippen molar-refractivity contribution in [2.75, 3.05) is 6.54 Å². The van der Waals surface area contributed by atoms with Gasteiger partial charge in [-0.25, -0.2) is 0 Å². The van der Waals surface area contributed by atoms with Gasteiger partial charge in [0.1, 0.15) is 0 Å². The molecular weight excluding hydrogens is 280 g/mol. The van der Waals surface area contributed by atoms with Gasteiger partial charge in [0.05, 0.1) is 5.92 Å². The van der Waals surface area contributed by atoms with E-state index in [9.17, 15) is 14.4 Å². The third-order valence-corrected chi connectivity index (χ3v) is 4.74. The highest BCUT2D eigenvalue weighted by molar-refractivity contribution is 6.04. The number of imide groups is 1. The van der Waals surface area contributed by atoms with Crippen molar-refractivity contribution < 1.29 is 14.4 Å². The lowest BCUT2D eigenvalue weighted by Gasteiger charge is -2.14. The second-order valence-corrected chi connectivity index (χ2v) is 6.62. The number of nitrogens with one attached hydrogen (secondary N) is 2. The zero-order valence-corrected chi connectivity index (χ0v) is 12.6. The van der Waals surface area contributed by atoms with Gasteiger partial charge in [0.2, 0.25) is 17.7 Å². The minimum Gasteiger partial charge on any atom is -0.356 e. The molecule has 5 heteroatoms. The molecule has 0 spiro atoms. The minimum atomic E-state index is -0.510. The number of rotatable bonds is 5. The van der Waals surface area contributed by atoms with Crippen molar-refractivity contribution in [3.05, 3.63) is 35.9 Å². The number of hydrogen-bond acceptors (Lipinski definition) is 3. The Morgan fingerprint density at radius 1 is 1.32 bits per heavy atom. The van der Waals surface area contributed by atoms with E-state index < -0.39 is 5.92 Å². The van der Waals surface area contributed by atoms with Gasteiger partial charge in [0.15, 0.2) is 0 Å². The zero-order valence-electron chi connectivity index (χ0n) is 12.6. The van der Waals surface area contributed by atoms with Crippen LogP contribution in [0.3, 0.4) is 0 Å². The molecule has 1 aliphatic heterocycles.